The van der Waals surface area contributed by atoms with Gasteiger partial charge in [0.15, 0.2) is 5.16 Å². The van der Waals surface area contributed by atoms with Crippen molar-refractivity contribution in [3.05, 3.63) is 46.4 Å². The summed E-state index contributed by atoms with van der Waals surface area (Å²) in [4.78, 5) is 11.6. The second-order valence-electron chi connectivity index (χ2n) is 4.60. The lowest BCUT2D eigenvalue weighted by molar-refractivity contribution is 0.533. The number of nitrogens with zero attached hydrogens (tertiary/aromatic N) is 2. The number of nitrogens with two attached hydrogens (primary N) is 1. The summed E-state index contributed by atoms with van der Waals surface area (Å²) < 4.78 is 1.64. The molecule has 0 aliphatic carbocycles. The van der Waals surface area contributed by atoms with Crippen LogP contribution in [0, 0.1) is 0 Å². The lowest BCUT2D eigenvalue weighted by atomic mass is 10.1. The van der Waals surface area contributed by atoms with Gasteiger partial charge in [0.25, 0.3) is 0 Å². The van der Waals surface area contributed by atoms with E-state index in [-0.39, 0.29) is 17.8 Å². The highest BCUT2D eigenvalue weighted by atomic mass is 32.2. The first kappa shape index (κ1) is 13.9. The Kier molecular flexibility index (Phi) is 4.44. The van der Waals surface area contributed by atoms with E-state index in [1.54, 1.807) is 4.57 Å². The van der Waals surface area contributed by atoms with Crippen LogP contribution in [0.1, 0.15) is 31.5 Å². The van der Waals surface area contributed by atoms with Gasteiger partial charge >= 0.3 is 5.69 Å². The smallest absolute Gasteiger partial charge is 0.323 e. The van der Waals surface area contributed by atoms with Gasteiger partial charge in [0.1, 0.15) is 0 Å². The molecule has 0 fully saturated rings. The van der Waals surface area contributed by atoms with E-state index in [9.17, 15) is 4.79 Å². The van der Waals surface area contributed by atoms with Gasteiger partial charge in [-0.25, -0.2) is 9.89 Å². The van der Waals surface area contributed by atoms with Crippen molar-refractivity contribution in [1.82, 2.24) is 14.8 Å². The van der Waals surface area contributed by atoms with Crippen molar-refractivity contribution in [3.63, 3.8) is 0 Å². The highest BCUT2D eigenvalue weighted by Gasteiger charge is 2.14. The molecule has 2 rings (SSSR count). The maximum atomic E-state index is 11.6. The number of aromatic amines is 1. The van der Waals surface area contributed by atoms with E-state index < -0.39 is 0 Å². The van der Waals surface area contributed by atoms with E-state index >= 15 is 0 Å². The Labute approximate surface area is 116 Å². The topological polar surface area (TPSA) is 76.7 Å². The van der Waals surface area contributed by atoms with Gasteiger partial charge in [0.2, 0.25) is 0 Å². The molecule has 102 valence electrons. The SMILES string of the molecule is CC(C)n1c(SCC(N)c2ccccc2)n[nH]c1=O. The van der Waals surface area contributed by atoms with Gasteiger partial charge in [-0.2, -0.15) is 0 Å². The van der Waals surface area contributed by atoms with Crippen LogP contribution in [0.15, 0.2) is 40.3 Å². The van der Waals surface area contributed by atoms with E-state index in [1.807, 2.05) is 44.2 Å². The van der Waals surface area contributed by atoms with E-state index in [4.69, 9.17) is 5.73 Å². The van der Waals surface area contributed by atoms with Crippen LogP contribution in [-0.2, 0) is 0 Å². The average molecular weight is 278 g/mol. The Morgan fingerprint density at radius 1 is 1.37 bits per heavy atom. The predicted molar refractivity (Wildman–Crippen MR) is 77.3 cm³/mol. The number of hydrogen-bond donors (Lipinski definition) is 2. The first-order valence-corrected chi connectivity index (χ1v) is 7.18. The molecule has 0 spiro atoms. The van der Waals surface area contributed by atoms with Crippen molar-refractivity contribution in [1.29, 1.82) is 0 Å². The molecule has 5 nitrogen and oxygen atoms in total. The minimum atomic E-state index is -0.175. The molecule has 0 amide bonds. The summed E-state index contributed by atoms with van der Waals surface area (Å²) in [6, 6.07) is 9.93. The molecule has 1 aromatic heterocycles. The molecule has 1 atom stereocenters. The van der Waals surface area contributed by atoms with Gasteiger partial charge < -0.3 is 5.73 Å². The molecule has 1 heterocycles. The Balaban J connectivity index is 2.05. The summed E-state index contributed by atoms with van der Waals surface area (Å²) in [6.07, 6.45) is 0. The summed E-state index contributed by atoms with van der Waals surface area (Å²) >= 11 is 1.49. The second kappa shape index (κ2) is 6.08. The molecule has 3 N–H and O–H groups in total. The Morgan fingerprint density at radius 2 is 2.05 bits per heavy atom. The lowest BCUT2D eigenvalue weighted by Gasteiger charge is -2.12. The zero-order valence-corrected chi connectivity index (χ0v) is 11.9. The third kappa shape index (κ3) is 3.27. The number of nitrogens with one attached hydrogen (secondary N) is 1. The molecular weight excluding hydrogens is 260 g/mol. The molecule has 0 aliphatic heterocycles. The third-order valence-corrected chi connectivity index (χ3v) is 3.88. The minimum absolute atomic E-state index is 0.0707. The predicted octanol–water partition coefficient (Wildman–Crippen LogP) is 1.94. The highest BCUT2D eigenvalue weighted by molar-refractivity contribution is 7.99. The van der Waals surface area contributed by atoms with Crippen LogP contribution in [0.4, 0.5) is 0 Å². The van der Waals surface area contributed by atoms with Crippen molar-refractivity contribution >= 4 is 11.8 Å². The molecule has 0 radical (unpaired) electrons. The molecule has 0 aliphatic rings. The Bertz CT molecular complexity index is 576. The summed E-state index contributed by atoms with van der Waals surface area (Å²) in [5.41, 5.74) is 7.04. The van der Waals surface area contributed by atoms with Crippen LogP contribution in [0.25, 0.3) is 0 Å². The maximum absolute atomic E-state index is 11.6. The minimum Gasteiger partial charge on any atom is -0.323 e. The first-order valence-electron chi connectivity index (χ1n) is 6.20. The van der Waals surface area contributed by atoms with E-state index in [0.717, 1.165) is 5.56 Å². The number of rotatable bonds is 5. The number of H-pyrrole nitrogens is 1. The summed E-state index contributed by atoms with van der Waals surface area (Å²) in [6.45, 7) is 3.91. The third-order valence-electron chi connectivity index (χ3n) is 2.81. The van der Waals surface area contributed by atoms with Crippen molar-refractivity contribution in [2.24, 2.45) is 5.73 Å². The van der Waals surface area contributed by atoms with Crippen LogP contribution in [0.2, 0.25) is 0 Å². The van der Waals surface area contributed by atoms with Gasteiger partial charge in [0, 0.05) is 17.8 Å². The van der Waals surface area contributed by atoms with Crippen molar-refractivity contribution in [3.8, 4) is 0 Å². The van der Waals surface area contributed by atoms with Gasteiger partial charge in [-0.1, -0.05) is 42.1 Å². The number of benzene rings is 1. The van der Waals surface area contributed by atoms with Gasteiger partial charge in [-0.3, -0.25) is 4.57 Å². The van der Waals surface area contributed by atoms with Gasteiger partial charge in [-0.05, 0) is 19.4 Å². The molecule has 2 aromatic rings. The molecule has 19 heavy (non-hydrogen) atoms. The number of hydrogen-bond acceptors (Lipinski definition) is 4. The van der Waals surface area contributed by atoms with Crippen LogP contribution in [0.3, 0.4) is 0 Å². The van der Waals surface area contributed by atoms with Gasteiger partial charge in [0.05, 0.1) is 0 Å². The number of thioether (sulfide) groups is 1. The first-order chi connectivity index (χ1) is 9.09. The van der Waals surface area contributed by atoms with E-state index in [1.165, 1.54) is 11.8 Å². The highest BCUT2D eigenvalue weighted by Crippen LogP contribution is 2.22. The van der Waals surface area contributed by atoms with Crippen molar-refractivity contribution in [2.75, 3.05) is 5.75 Å². The second-order valence-corrected chi connectivity index (χ2v) is 5.59. The largest absolute Gasteiger partial charge is 0.344 e. The van der Waals surface area contributed by atoms with Crippen LogP contribution >= 0.6 is 11.8 Å². The molecule has 1 aromatic carbocycles. The summed E-state index contributed by atoms with van der Waals surface area (Å²) in [5, 5.41) is 7.20. The molecule has 0 bridgehead atoms. The van der Waals surface area contributed by atoms with Gasteiger partial charge in [-0.15, -0.1) is 5.10 Å². The molecule has 0 saturated carbocycles. The van der Waals surface area contributed by atoms with Crippen LogP contribution < -0.4 is 11.4 Å². The maximum Gasteiger partial charge on any atom is 0.344 e. The monoisotopic (exact) mass is 278 g/mol. The van der Waals surface area contributed by atoms with E-state index in [0.29, 0.717) is 10.9 Å². The average Bonchev–Trinajstić information content (AvgIpc) is 2.78. The Hall–Kier alpha value is -1.53. The molecule has 6 heteroatoms. The molecule has 1 unspecified atom stereocenters. The normalized spacial score (nSPS) is 12.8. The van der Waals surface area contributed by atoms with Crippen molar-refractivity contribution in [2.45, 2.75) is 31.1 Å². The lowest BCUT2D eigenvalue weighted by Crippen LogP contribution is -2.20. The number of aromatic nitrogens is 3. The fourth-order valence-corrected chi connectivity index (χ4v) is 2.87. The fourth-order valence-electron chi connectivity index (χ4n) is 1.81. The Morgan fingerprint density at radius 3 is 2.68 bits per heavy atom. The zero-order valence-electron chi connectivity index (χ0n) is 11.0. The quantitative estimate of drug-likeness (QED) is 0.819. The van der Waals surface area contributed by atoms with Crippen LogP contribution in [0.5, 0.6) is 0 Å². The molecular formula is C13H18N4OS. The summed E-state index contributed by atoms with van der Waals surface area (Å²) in [5.74, 6) is 0.682. The zero-order chi connectivity index (χ0) is 13.8. The standard InChI is InChI=1S/C13H18N4OS/c1-9(2)17-12(18)15-16-13(17)19-8-11(14)10-6-4-3-5-7-10/h3-7,9,11H,8,14H2,1-2H3,(H,15,18). The fraction of sp³-hybridized carbons (Fsp3) is 0.385. The molecule has 0 saturated heterocycles. The van der Waals surface area contributed by atoms with Crippen molar-refractivity contribution < 1.29 is 0 Å². The summed E-state index contributed by atoms with van der Waals surface area (Å²) in [7, 11) is 0. The van der Waals surface area contributed by atoms with E-state index in [2.05, 4.69) is 10.2 Å². The van der Waals surface area contributed by atoms with Crippen LogP contribution in [-0.4, -0.2) is 20.5 Å².